The summed E-state index contributed by atoms with van der Waals surface area (Å²) >= 11 is 7.69. The smallest absolute Gasteiger partial charge is 0.220 e. The minimum atomic E-state index is 0.490. The number of hydrogen-bond acceptors (Lipinski definition) is 7. The van der Waals surface area contributed by atoms with Crippen LogP contribution in [0, 0.1) is 0 Å². The van der Waals surface area contributed by atoms with Crippen molar-refractivity contribution in [2.75, 3.05) is 51.8 Å². The summed E-state index contributed by atoms with van der Waals surface area (Å²) < 4.78 is 10.5. The number of nitrogens with one attached hydrogen (secondary N) is 1. The van der Waals surface area contributed by atoms with E-state index in [1.165, 1.54) is 28.4 Å². The number of halogens is 1. The number of anilines is 1. The number of benzene rings is 2. The molecule has 5 rings (SSSR count). The number of aryl methyl sites for hydroxylation is 1. The molecule has 36 heavy (non-hydrogen) atoms. The monoisotopic (exact) mass is 523 g/mol. The fourth-order valence-corrected chi connectivity index (χ4v) is 5.48. The zero-order valence-electron chi connectivity index (χ0n) is 20.5. The highest BCUT2D eigenvalue weighted by molar-refractivity contribution is 7.99. The van der Waals surface area contributed by atoms with Crippen LogP contribution in [0.25, 0.3) is 10.9 Å². The van der Waals surface area contributed by atoms with E-state index in [0.29, 0.717) is 16.9 Å². The number of aromatic nitrogens is 3. The second-order valence-corrected chi connectivity index (χ2v) is 10.2. The molecule has 2 aromatic heterocycles. The number of piperazine rings is 1. The molecule has 1 saturated heterocycles. The van der Waals surface area contributed by atoms with E-state index in [9.17, 15) is 0 Å². The van der Waals surface area contributed by atoms with Crippen LogP contribution in [-0.2, 0) is 6.42 Å². The van der Waals surface area contributed by atoms with Crippen molar-refractivity contribution < 1.29 is 9.47 Å². The molecular formula is C27H30ClN5O2S. The van der Waals surface area contributed by atoms with Gasteiger partial charge >= 0.3 is 0 Å². The van der Waals surface area contributed by atoms with E-state index in [1.807, 2.05) is 6.07 Å². The molecule has 188 valence electrons. The van der Waals surface area contributed by atoms with Crippen LogP contribution >= 0.6 is 23.4 Å². The Hall–Kier alpha value is -2.94. The molecule has 0 saturated carbocycles. The Morgan fingerprint density at radius 1 is 0.944 bits per heavy atom. The van der Waals surface area contributed by atoms with Crippen LogP contribution in [0.5, 0.6) is 11.8 Å². The number of H-pyrrole nitrogens is 1. The predicted octanol–water partition coefficient (Wildman–Crippen LogP) is 5.53. The van der Waals surface area contributed by atoms with Gasteiger partial charge in [0.15, 0.2) is 5.16 Å². The zero-order chi connectivity index (χ0) is 24.9. The van der Waals surface area contributed by atoms with Crippen molar-refractivity contribution in [3.63, 3.8) is 0 Å². The van der Waals surface area contributed by atoms with Crippen LogP contribution in [0.2, 0.25) is 5.02 Å². The molecule has 3 heterocycles. The molecule has 9 heteroatoms. The molecule has 1 N–H and O–H groups in total. The summed E-state index contributed by atoms with van der Waals surface area (Å²) in [5, 5.41) is 2.63. The van der Waals surface area contributed by atoms with Crippen LogP contribution < -0.4 is 14.4 Å². The average Bonchev–Trinajstić information content (AvgIpc) is 3.31. The molecule has 7 nitrogen and oxygen atoms in total. The molecule has 1 aliphatic rings. The van der Waals surface area contributed by atoms with Crippen LogP contribution in [0.3, 0.4) is 0 Å². The Balaban J connectivity index is 1.10. The van der Waals surface area contributed by atoms with Crippen LogP contribution in [0.15, 0.2) is 64.8 Å². The van der Waals surface area contributed by atoms with Gasteiger partial charge in [0.2, 0.25) is 11.8 Å². The van der Waals surface area contributed by atoms with E-state index in [-0.39, 0.29) is 0 Å². The molecule has 0 unspecified atom stereocenters. The summed E-state index contributed by atoms with van der Waals surface area (Å²) in [4.78, 5) is 18.3. The third-order valence-corrected chi connectivity index (χ3v) is 7.62. The largest absolute Gasteiger partial charge is 0.481 e. The SMILES string of the molecule is COc1cc(OC)nc(Sc2ccc(N3CCN(CCCc4c[nH]c5ccc(Cl)cc45)CC3)cc2)n1. The molecular weight excluding hydrogens is 494 g/mol. The minimum Gasteiger partial charge on any atom is -0.481 e. The molecule has 2 aromatic carbocycles. The van der Waals surface area contributed by atoms with Gasteiger partial charge in [0, 0.05) is 58.9 Å². The average molecular weight is 524 g/mol. The first kappa shape index (κ1) is 24.7. The maximum Gasteiger partial charge on any atom is 0.220 e. The summed E-state index contributed by atoms with van der Waals surface area (Å²) in [7, 11) is 3.18. The van der Waals surface area contributed by atoms with Crippen molar-refractivity contribution in [1.29, 1.82) is 0 Å². The first-order valence-corrected chi connectivity index (χ1v) is 13.3. The van der Waals surface area contributed by atoms with E-state index in [4.69, 9.17) is 21.1 Å². The van der Waals surface area contributed by atoms with Crippen LogP contribution in [-0.4, -0.2) is 66.8 Å². The molecule has 0 radical (unpaired) electrons. The quantitative estimate of drug-likeness (QED) is 0.289. The number of nitrogens with zero attached hydrogens (tertiary/aromatic N) is 4. The lowest BCUT2D eigenvalue weighted by molar-refractivity contribution is 0.255. The van der Waals surface area contributed by atoms with E-state index in [1.54, 1.807) is 20.3 Å². The molecule has 4 aromatic rings. The van der Waals surface area contributed by atoms with Gasteiger partial charge in [-0.1, -0.05) is 11.6 Å². The highest BCUT2D eigenvalue weighted by Crippen LogP contribution is 2.30. The number of ether oxygens (including phenoxy) is 2. The Labute approximate surface area is 220 Å². The van der Waals surface area contributed by atoms with Crippen molar-refractivity contribution in [2.45, 2.75) is 22.9 Å². The van der Waals surface area contributed by atoms with Crippen LogP contribution in [0.4, 0.5) is 5.69 Å². The summed E-state index contributed by atoms with van der Waals surface area (Å²) in [6, 6.07) is 16.3. The fraction of sp³-hybridized carbons (Fsp3) is 0.333. The Bertz CT molecular complexity index is 1280. The summed E-state index contributed by atoms with van der Waals surface area (Å²) in [5.41, 5.74) is 3.75. The summed E-state index contributed by atoms with van der Waals surface area (Å²) in [5.74, 6) is 0.981. The third-order valence-electron chi connectivity index (χ3n) is 6.51. The van der Waals surface area contributed by atoms with Gasteiger partial charge in [0.1, 0.15) is 0 Å². The van der Waals surface area contributed by atoms with Crippen molar-refractivity contribution in [3.8, 4) is 11.8 Å². The minimum absolute atomic E-state index is 0.490. The Morgan fingerprint density at radius 2 is 1.67 bits per heavy atom. The van der Waals surface area contributed by atoms with Gasteiger partial charge < -0.3 is 19.4 Å². The fourth-order valence-electron chi connectivity index (χ4n) is 4.55. The summed E-state index contributed by atoms with van der Waals surface area (Å²) in [6.45, 7) is 5.33. The second kappa shape index (κ2) is 11.4. The topological polar surface area (TPSA) is 66.5 Å². The van der Waals surface area contributed by atoms with Crippen LogP contribution in [0.1, 0.15) is 12.0 Å². The van der Waals surface area contributed by atoms with E-state index < -0.39 is 0 Å². The first-order chi connectivity index (χ1) is 17.6. The van der Waals surface area contributed by atoms with E-state index in [0.717, 1.165) is 61.0 Å². The molecule has 1 fully saturated rings. The maximum absolute atomic E-state index is 6.19. The van der Waals surface area contributed by atoms with Gasteiger partial charge in [-0.2, -0.15) is 9.97 Å². The van der Waals surface area contributed by atoms with Crippen molar-refractivity contribution >= 4 is 40.0 Å². The lowest BCUT2D eigenvalue weighted by atomic mass is 10.1. The van der Waals surface area contributed by atoms with Crippen molar-refractivity contribution in [2.24, 2.45) is 0 Å². The normalized spacial score (nSPS) is 14.4. The van der Waals surface area contributed by atoms with Gasteiger partial charge in [-0.15, -0.1) is 0 Å². The number of methoxy groups -OCH3 is 2. The van der Waals surface area contributed by atoms with Gasteiger partial charge in [-0.3, -0.25) is 4.90 Å². The molecule has 1 aliphatic heterocycles. The van der Waals surface area contributed by atoms with Gasteiger partial charge in [-0.25, -0.2) is 0 Å². The highest BCUT2D eigenvalue weighted by atomic mass is 35.5. The zero-order valence-corrected chi connectivity index (χ0v) is 22.1. The Kier molecular flexibility index (Phi) is 7.84. The number of aromatic amines is 1. The lowest BCUT2D eigenvalue weighted by Crippen LogP contribution is -2.46. The first-order valence-electron chi connectivity index (χ1n) is 12.1. The van der Waals surface area contributed by atoms with E-state index >= 15 is 0 Å². The maximum atomic E-state index is 6.19. The Morgan fingerprint density at radius 3 is 2.36 bits per heavy atom. The molecule has 0 spiro atoms. The van der Waals surface area contributed by atoms with Crippen molar-refractivity contribution in [3.05, 3.63) is 65.3 Å². The van der Waals surface area contributed by atoms with E-state index in [2.05, 4.69) is 67.3 Å². The lowest BCUT2D eigenvalue weighted by Gasteiger charge is -2.36. The third kappa shape index (κ3) is 5.88. The molecule has 0 bridgehead atoms. The molecule has 0 amide bonds. The van der Waals surface area contributed by atoms with Crippen molar-refractivity contribution in [1.82, 2.24) is 19.9 Å². The highest BCUT2D eigenvalue weighted by Gasteiger charge is 2.17. The summed E-state index contributed by atoms with van der Waals surface area (Å²) in [6.07, 6.45) is 4.32. The number of rotatable bonds is 9. The second-order valence-electron chi connectivity index (χ2n) is 8.77. The van der Waals surface area contributed by atoms with Gasteiger partial charge in [0.05, 0.1) is 20.3 Å². The molecule has 0 atom stereocenters. The number of fused-ring (bicyclic) bond motifs is 1. The predicted molar refractivity (Wildman–Crippen MR) is 146 cm³/mol. The molecule has 0 aliphatic carbocycles. The van der Waals surface area contributed by atoms with Gasteiger partial charge in [0.25, 0.3) is 0 Å². The van der Waals surface area contributed by atoms with Gasteiger partial charge in [-0.05, 0) is 79.2 Å². The number of hydrogen-bond donors (Lipinski definition) is 1. The standard InChI is InChI=1S/C27H30ClN5O2S/c1-34-25-17-26(35-2)31-27(30-25)36-22-8-6-21(7-9-22)33-14-12-32(13-15-33)11-3-4-19-18-29-24-10-5-20(28)16-23(19)24/h5-10,16-18,29H,3-4,11-15H2,1-2H3.